The molecule has 0 bridgehead atoms. The van der Waals surface area contributed by atoms with E-state index in [1.807, 2.05) is 12.2 Å². The molecule has 3 rings (SSSR count). The van der Waals surface area contributed by atoms with Crippen LogP contribution in [0.5, 0.6) is 0 Å². The van der Waals surface area contributed by atoms with Crippen molar-refractivity contribution in [3.05, 3.63) is 40.7 Å². The molecule has 25 heavy (non-hydrogen) atoms. The number of halogens is 2. The summed E-state index contributed by atoms with van der Waals surface area (Å²) in [6, 6.07) is 2.04. The van der Waals surface area contributed by atoms with E-state index in [0.29, 0.717) is 12.8 Å². The number of imide groups is 1. The van der Waals surface area contributed by atoms with Crippen LogP contribution in [0.25, 0.3) is 0 Å². The lowest BCUT2D eigenvalue weighted by atomic mass is 9.85. The second kappa shape index (κ2) is 6.59. The van der Waals surface area contributed by atoms with Crippen LogP contribution in [0.1, 0.15) is 37.0 Å². The topological polar surface area (TPSA) is 63.7 Å². The Balaban J connectivity index is 2.01. The molecule has 0 spiro atoms. The van der Waals surface area contributed by atoms with Crippen molar-refractivity contribution in [1.29, 1.82) is 0 Å². The largest absolute Gasteiger partial charge is 0.459 e. The first-order chi connectivity index (χ1) is 11.8. The third-order valence-electron chi connectivity index (χ3n) is 4.35. The van der Waals surface area contributed by atoms with Crippen LogP contribution in [-0.2, 0) is 14.3 Å². The molecule has 1 saturated heterocycles. The minimum absolute atomic E-state index is 0.0830. The highest BCUT2D eigenvalue weighted by Gasteiger charge is 2.48. The SMILES string of the molecule is CC(C)OC(=O)c1cc(N2C(=O)C3CC=CCC3C2=O)c(F)cc1Cl. The van der Waals surface area contributed by atoms with E-state index < -0.39 is 35.4 Å². The van der Waals surface area contributed by atoms with Crippen molar-refractivity contribution in [2.45, 2.75) is 32.8 Å². The van der Waals surface area contributed by atoms with Gasteiger partial charge in [0.05, 0.1) is 34.2 Å². The van der Waals surface area contributed by atoms with Crippen LogP contribution >= 0.6 is 11.6 Å². The summed E-state index contributed by atoms with van der Waals surface area (Å²) in [6.45, 7) is 3.34. The number of amides is 2. The van der Waals surface area contributed by atoms with Crippen LogP contribution in [-0.4, -0.2) is 23.9 Å². The van der Waals surface area contributed by atoms with Crippen molar-refractivity contribution in [1.82, 2.24) is 0 Å². The monoisotopic (exact) mass is 365 g/mol. The zero-order valence-corrected chi connectivity index (χ0v) is 14.5. The van der Waals surface area contributed by atoms with Crippen molar-refractivity contribution in [3.8, 4) is 0 Å². The van der Waals surface area contributed by atoms with E-state index >= 15 is 0 Å². The zero-order valence-electron chi connectivity index (χ0n) is 13.8. The van der Waals surface area contributed by atoms with E-state index in [-0.39, 0.29) is 22.4 Å². The zero-order chi connectivity index (χ0) is 18.3. The number of benzene rings is 1. The third kappa shape index (κ3) is 3.06. The Hall–Kier alpha value is -2.21. The molecular formula is C18H17ClFNO4. The first-order valence-corrected chi connectivity index (χ1v) is 8.42. The summed E-state index contributed by atoms with van der Waals surface area (Å²) in [7, 11) is 0. The van der Waals surface area contributed by atoms with Crippen molar-refractivity contribution >= 4 is 35.1 Å². The fourth-order valence-electron chi connectivity index (χ4n) is 3.18. The van der Waals surface area contributed by atoms with Crippen LogP contribution in [0.4, 0.5) is 10.1 Å². The average Bonchev–Trinajstić information content (AvgIpc) is 2.79. The van der Waals surface area contributed by atoms with E-state index in [2.05, 4.69) is 0 Å². The predicted molar refractivity (Wildman–Crippen MR) is 89.8 cm³/mol. The maximum absolute atomic E-state index is 14.4. The number of esters is 1. The Morgan fingerprint density at radius 3 is 2.28 bits per heavy atom. The lowest BCUT2D eigenvalue weighted by Gasteiger charge is -2.18. The van der Waals surface area contributed by atoms with Gasteiger partial charge in [-0.1, -0.05) is 23.8 Å². The number of rotatable bonds is 3. The molecule has 5 nitrogen and oxygen atoms in total. The van der Waals surface area contributed by atoms with Crippen LogP contribution < -0.4 is 4.90 Å². The highest BCUT2D eigenvalue weighted by molar-refractivity contribution is 6.34. The fraction of sp³-hybridized carbons (Fsp3) is 0.389. The Labute approximate surface area is 149 Å². The van der Waals surface area contributed by atoms with Gasteiger partial charge in [0, 0.05) is 0 Å². The number of fused-ring (bicyclic) bond motifs is 1. The summed E-state index contributed by atoms with van der Waals surface area (Å²) >= 11 is 5.94. The molecule has 0 saturated carbocycles. The molecule has 1 aromatic carbocycles. The lowest BCUT2D eigenvalue weighted by molar-refractivity contribution is -0.122. The number of carbonyl (C=O) groups excluding carboxylic acids is 3. The number of hydrogen-bond donors (Lipinski definition) is 0. The number of allylic oxidation sites excluding steroid dienone is 2. The Morgan fingerprint density at radius 1 is 1.20 bits per heavy atom. The summed E-state index contributed by atoms with van der Waals surface area (Å²) in [6.07, 6.45) is 4.20. The highest BCUT2D eigenvalue weighted by Crippen LogP contribution is 2.39. The van der Waals surface area contributed by atoms with Crippen molar-refractivity contribution in [3.63, 3.8) is 0 Å². The highest BCUT2D eigenvalue weighted by atomic mass is 35.5. The quantitative estimate of drug-likeness (QED) is 0.467. The van der Waals surface area contributed by atoms with E-state index in [9.17, 15) is 18.8 Å². The molecule has 0 aromatic heterocycles. The summed E-state index contributed by atoms with van der Waals surface area (Å²) in [5, 5.41) is -0.134. The molecule has 2 amide bonds. The Kier molecular flexibility index (Phi) is 4.64. The first kappa shape index (κ1) is 17.6. The van der Waals surface area contributed by atoms with Gasteiger partial charge in [-0.3, -0.25) is 9.59 Å². The molecular weight excluding hydrogens is 349 g/mol. The molecule has 0 N–H and O–H groups in total. The second-order valence-corrected chi connectivity index (χ2v) is 6.81. The molecule has 0 radical (unpaired) electrons. The first-order valence-electron chi connectivity index (χ1n) is 8.04. The van der Waals surface area contributed by atoms with Gasteiger partial charge in [0.2, 0.25) is 11.8 Å². The summed E-state index contributed by atoms with van der Waals surface area (Å²) in [5.41, 5.74) is -0.343. The number of nitrogens with zero attached hydrogens (tertiary/aromatic N) is 1. The van der Waals surface area contributed by atoms with Gasteiger partial charge in [0.15, 0.2) is 0 Å². The molecule has 2 atom stereocenters. The van der Waals surface area contributed by atoms with Crippen LogP contribution in [0.15, 0.2) is 24.3 Å². The van der Waals surface area contributed by atoms with Gasteiger partial charge < -0.3 is 4.74 Å². The minimum atomic E-state index is -0.834. The smallest absolute Gasteiger partial charge is 0.339 e. The van der Waals surface area contributed by atoms with Gasteiger partial charge in [0.25, 0.3) is 0 Å². The standard InChI is InChI=1S/C18H17ClFNO4/c1-9(2)25-18(24)12-7-15(14(20)8-13(12)19)21-16(22)10-5-3-4-6-11(10)17(21)23/h3-4,7-11H,5-6H2,1-2H3. The molecule has 7 heteroatoms. The molecule has 1 fully saturated rings. The maximum atomic E-state index is 14.4. The van der Waals surface area contributed by atoms with E-state index in [1.54, 1.807) is 13.8 Å². The molecule has 1 aliphatic heterocycles. The van der Waals surface area contributed by atoms with Gasteiger partial charge in [0.1, 0.15) is 5.82 Å². The number of anilines is 1. The molecule has 2 aliphatic rings. The van der Waals surface area contributed by atoms with E-state index in [4.69, 9.17) is 16.3 Å². The molecule has 1 heterocycles. The molecule has 132 valence electrons. The molecule has 1 aromatic rings. The van der Waals surface area contributed by atoms with Gasteiger partial charge in [-0.05, 0) is 38.8 Å². The lowest BCUT2D eigenvalue weighted by Crippen LogP contribution is -2.32. The summed E-state index contributed by atoms with van der Waals surface area (Å²) < 4.78 is 19.5. The van der Waals surface area contributed by atoms with Crippen molar-refractivity contribution in [2.75, 3.05) is 4.90 Å². The third-order valence-corrected chi connectivity index (χ3v) is 4.66. The van der Waals surface area contributed by atoms with Crippen LogP contribution in [0.3, 0.4) is 0 Å². The van der Waals surface area contributed by atoms with Gasteiger partial charge >= 0.3 is 5.97 Å². The number of carbonyl (C=O) groups is 3. The van der Waals surface area contributed by atoms with E-state index in [0.717, 1.165) is 17.0 Å². The van der Waals surface area contributed by atoms with Crippen molar-refractivity contribution < 1.29 is 23.5 Å². The van der Waals surface area contributed by atoms with E-state index in [1.165, 1.54) is 0 Å². The predicted octanol–water partition coefficient (Wildman–Crippen LogP) is 3.50. The maximum Gasteiger partial charge on any atom is 0.339 e. The summed E-state index contributed by atoms with van der Waals surface area (Å²) in [5.74, 6) is -3.45. The van der Waals surface area contributed by atoms with Gasteiger partial charge in [-0.15, -0.1) is 0 Å². The Bertz CT molecular complexity index is 764. The average molecular weight is 366 g/mol. The molecule has 2 unspecified atom stereocenters. The second-order valence-electron chi connectivity index (χ2n) is 6.41. The number of hydrogen-bond acceptors (Lipinski definition) is 4. The van der Waals surface area contributed by atoms with Crippen LogP contribution in [0, 0.1) is 17.7 Å². The normalized spacial score (nSPS) is 22.5. The van der Waals surface area contributed by atoms with Gasteiger partial charge in [-0.25, -0.2) is 14.1 Å². The van der Waals surface area contributed by atoms with Gasteiger partial charge in [-0.2, -0.15) is 0 Å². The van der Waals surface area contributed by atoms with Crippen LogP contribution in [0.2, 0.25) is 5.02 Å². The molecule has 1 aliphatic carbocycles. The van der Waals surface area contributed by atoms with Crippen molar-refractivity contribution in [2.24, 2.45) is 11.8 Å². The Morgan fingerprint density at radius 2 is 1.76 bits per heavy atom. The summed E-state index contributed by atoms with van der Waals surface area (Å²) in [4.78, 5) is 38.2. The fourth-order valence-corrected chi connectivity index (χ4v) is 3.41. The minimum Gasteiger partial charge on any atom is -0.459 e. The number of ether oxygens (including phenoxy) is 1.